The van der Waals surface area contributed by atoms with Crippen molar-refractivity contribution >= 4 is 11.9 Å². The first kappa shape index (κ1) is 29.2. The monoisotopic (exact) mass is 460 g/mol. The molecule has 0 saturated heterocycles. The molecule has 1 aromatic carbocycles. The van der Waals surface area contributed by atoms with Gasteiger partial charge in [0.25, 0.3) is 0 Å². The molecule has 1 unspecified atom stereocenters. The number of carboxylic acids is 1. The molecular formula is C29H48O4. The Morgan fingerprint density at radius 3 is 1.58 bits per heavy atom. The van der Waals surface area contributed by atoms with E-state index in [1.165, 1.54) is 95.6 Å². The number of ether oxygens (including phenoxy) is 1. The van der Waals surface area contributed by atoms with Gasteiger partial charge in [-0.25, -0.2) is 9.59 Å². The van der Waals surface area contributed by atoms with E-state index < -0.39 is 11.9 Å². The van der Waals surface area contributed by atoms with Gasteiger partial charge in [-0.3, -0.25) is 0 Å². The van der Waals surface area contributed by atoms with Crippen LogP contribution in [-0.2, 0) is 4.74 Å². The predicted octanol–water partition coefficient (Wildman–Crippen LogP) is 8.83. The van der Waals surface area contributed by atoms with Crippen molar-refractivity contribution in [1.29, 1.82) is 0 Å². The molecule has 0 spiro atoms. The van der Waals surface area contributed by atoms with Crippen molar-refractivity contribution in [2.75, 3.05) is 0 Å². The summed E-state index contributed by atoms with van der Waals surface area (Å²) in [4.78, 5) is 23.9. The van der Waals surface area contributed by atoms with Gasteiger partial charge in [0, 0.05) is 0 Å². The Kier molecular flexibility index (Phi) is 16.4. The number of esters is 1. The van der Waals surface area contributed by atoms with Crippen molar-refractivity contribution in [3.63, 3.8) is 0 Å². The lowest BCUT2D eigenvalue weighted by Gasteiger charge is -2.22. The number of carboxylic acid groups (broad SMARTS) is 1. The normalized spacial score (nSPS) is 12.1. The van der Waals surface area contributed by atoms with E-state index in [4.69, 9.17) is 4.74 Å². The van der Waals surface area contributed by atoms with Crippen LogP contribution in [0, 0.1) is 5.92 Å². The van der Waals surface area contributed by atoms with Crippen molar-refractivity contribution in [1.82, 2.24) is 0 Å². The van der Waals surface area contributed by atoms with E-state index in [2.05, 4.69) is 6.92 Å². The van der Waals surface area contributed by atoms with Crippen LogP contribution in [0.2, 0.25) is 0 Å². The maximum absolute atomic E-state index is 12.6. The van der Waals surface area contributed by atoms with Crippen LogP contribution < -0.4 is 0 Å². The summed E-state index contributed by atoms with van der Waals surface area (Å²) in [7, 11) is 0. The average Bonchev–Trinajstić information content (AvgIpc) is 2.80. The number of rotatable bonds is 20. The molecule has 4 heteroatoms. The second-order valence-corrected chi connectivity index (χ2v) is 9.78. The summed E-state index contributed by atoms with van der Waals surface area (Å²) in [5.74, 6) is -1.43. The highest BCUT2D eigenvalue weighted by molar-refractivity contribution is 6.02. The Bertz CT molecular complexity index is 653. The summed E-state index contributed by atoms with van der Waals surface area (Å²) in [6, 6.07) is 6.26. The van der Waals surface area contributed by atoms with E-state index >= 15 is 0 Å². The van der Waals surface area contributed by atoms with Gasteiger partial charge in [0.05, 0.1) is 11.1 Å². The lowest BCUT2D eigenvalue weighted by atomic mass is 9.99. The fourth-order valence-electron chi connectivity index (χ4n) is 4.29. The molecule has 0 heterocycles. The fraction of sp³-hybridized carbons (Fsp3) is 0.724. The second kappa shape index (κ2) is 18.6. The largest absolute Gasteiger partial charge is 0.478 e. The first-order valence-electron chi connectivity index (χ1n) is 13.5. The van der Waals surface area contributed by atoms with E-state index in [-0.39, 0.29) is 23.1 Å². The molecule has 1 atom stereocenters. The third-order valence-corrected chi connectivity index (χ3v) is 6.47. The van der Waals surface area contributed by atoms with Crippen LogP contribution in [-0.4, -0.2) is 23.1 Å². The third kappa shape index (κ3) is 13.5. The van der Waals surface area contributed by atoms with Crippen LogP contribution in [0.15, 0.2) is 24.3 Å². The second-order valence-electron chi connectivity index (χ2n) is 9.78. The van der Waals surface area contributed by atoms with Gasteiger partial charge >= 0.3 is 11.9 Å². The number of hydrogen-bond donors (Lipinski definition) is 1. The van der Waals surface area contributed by atoms with Crippen LogP contribution in [0.25, 0.3) is 0 Å². The summed E-state index contributed by atoms with van der Waals surface area (Å²) in [5, 5.41) is 9.30. The Balaban J connectivity index is 2.12. The summed E-state index contributed by atoms with van der Waals surface area (Å²) in [6.07, 6.45) is 20.6. The first-order valence-corrected chi connectivity index (χ1v) is 13.5. The van der Waals surface area contributed by atoms with E-state index in [9.17, 15) is 14.7 Å². The summed E-state index contributed by atoms with van der Waals surface area (Å²) in [5.41, 5.74) is 0.129. The highest BCUT2D eigenvalue weighted by atomic mass is 16.5. The van der Waals surface area contributed by atoms with Gasteiger partial charge in [0.2, 0.25) is 0 Å². The third-order valence-electron chi connectivity index (χ3n) is 6.47. The molecule has 33 heavy (non-hydrogen) atoms. The molecule has 1 N–H and O–H groups in total. The molecule has 188 valence electrons. The van der Waals surface area contributed by atoms with Gasteiger partial charge in [0.15, 0.2) is 0 Å². The molecular weight excluding hydrogens is 412 g/mol. The molecule has 0 aliphatic rings. The lowest BCUT2D eigenvalue weighted by Crippen LogP contribution is -2.24. The number of carbonyl (C=O) groups excluding carboxylic acids is 1. The van der Waals surface area contributed by atoms with Gasteiger partial charge in [-0.2, -0.15) is 0 Å². The van der Waals surface area contributed by atoms with Crippen LogP contribution >= 0.6 is 0 Å². The SMILES string of the molecule is CCCCCCCCCCCCCCCCCC(OC(=O)c1ccccc1C(=O)O)C(C)C. The minimum Gasteiger partial charge on any atom is -0.478 e. The van der Waals surface area contributed by atoms with E-state index in [0.29, 0.717) is 0 Å². The zero-order chi connectivity index (χ0) is 24.3. The maximum atomic E-state index is 12.6. The smallest absolute Gasteiger partial charge is 0.339 e. The minimum atomic E-state index is -1.11. The van der Waals surface area contributed by atoms with Gasteiger partial charge in [-0.05, 0) is 30.9 Å². The Labute approximate surface area is 202 Å². The van der Waals surface area contributed by atoms with Crippen molar-refractivity contribution in [2.24, 2.45) is 5.92 Å². The first-order chi connectivity index (χ1) is 16.0. The Morgan fingerprint density at radius 1 is 0.727 bits per heavy atom. The quantitative estimate of drug-likeness (QED) is 0.156. The molecule has 0 aromatic heterocycles. The van der Waals surface area contributed by atoms with Gasteiger partial charge < -0.3 is 9.84 Å². The molecule has 0 fully saturated rings. The lowest BCUT2D eigenvalue weighted by molar-refractivity contribution is 0.0147. The summed E-state index contributed by atoms with van der Waals surface area (Å²) in [6.45, 7) is 6.37. The maximum Gasteiger partial charge on any atom is 0.339 e. The summed E-state index contributed by atoms with van der Waals surface area (Å²) < 4.78 is 5.71. The van der Waals surface area contributed by atoms with Crippen LogP contribution in [0.1, 0.15) is 144 Å². The Morgan fingerprint density at radius 2 is 1.15 bits per heavy atom. The van der Waals surface area contributed by atoms with Crippen molar-refractivity contribution in [3.05, 3.63) is 35.4 Å². The van der Waals surface area contributed by atoms with E-state index in [1.54, 1.807) is 12.1 Å². The minimum absolute atomic E-state index is 0.00280. The number of carbonyl (C=O) groups is 2. The number of unbranched alkanes of at least 4 members (excludes halogenated alkanes) is 14. The highest BCUT2D eigenvalue weighted by Gasteiger charge is 2.22. The molecule has 1 aromatic rings. The van der Waals surface area contributed by atoms with Crippen LogP contribution in [0.4, 0.5) is 0 Å². The Hall–Kier alpha value is -1.84. The zero-order valence-electron chi connectivity index (χ0n) is 21.4. The van der Waals surface area contributed by atoms with E-state index in [1.807, 2.05) is 13.8 Å². The molecule has 1 rings (SSSR count). The van der Waals surface area contributed by atoms with E-state index in [0.717, 1.165) is 19.3 Å². The van der Waals surface area contributed by atoms with Crippen molar-refractivity contribution in [2.45, 2.75) is 130 Å². The number of aromatic carboxylic acids is 1. The fourth-order valence-corrected chi connectivity index (χ4v) is 4.29. The van der Waals surface area contributed by atoms with Crippen LogP contribution in [0.5, 0.6) is 0 Å². The highest BCUT2D eigenvalue weighted by Crippen LogP contribution is 2.20. The van der Waals surface area contributed by atoms with Crippen LogP contribution in [0.3, 0.4) is 0 Å². The molecule has 0 aliphatic heterocycles. The molecule has 4 nitrogen and oxygen atoms in total. The van der Waals surface area contributed by atoms with Crippen molar-refractivity contribution in [3.8, 4) is 0 Å². The van der Waals surface area contributed by atoms with Gasteiger partial charge in [-0.1, -0.05) is 123 Å². The average molecular weight is 461 g/mol. The molecule has 0 saturated carbocycles. The van der Waals surface area contributed by atoms with Crippen molar-refractivity contribution < 1.29 is 19.4 Å². The number of benzene rings is 1. The molecule has 0 radical (unpaired) electrons. The van der Waals surface area contributed by atoms with Gasteiger partial charge in [-0.15, -0.1) is 0 Å². The molecule has 0 bridgehead atoms. The molecule has 0 amide bonds. The summed E-state index contributed by atoms with van der Waals surface area (Å²) >= 11 is 0. The topological polar surface area (TPSA) is 63.6 Å². The van der Waals surface area contributed by atoms with Gasteiger partial charge in [0.1, 0.15) is 6.10 Å². The standard InChI is InChI=1S/C29H48O4/c1-4-5-6-7-8-9-10-11-12-13-14-15-16-17-18-23-27(24(2)3)33-29(32)26-22-20-19-21-25(26)28(30)31/h19-22,24,27H,4-18,23H2,1-3H3,(H,30,31). The molecule has 0 aliphatic carbocycles. The zero-order valence-corrected chi connectivity index (χ0v) is 21.4. The predicted molar refractivity (Wildman–Crippen MR) is 137 cm³/mol. The number of hydrogen-bond acceptors (Lipinski definition) is 3.